The molecule has 1 saturated carbocycles. The number of benzene rings is 2. The van der Waals surface area contributed by atoms with Crippen LogP contribution in [0.2, 0.25) is 0 Å². The van der Waals surface area contributed by atoms with Gasteiger partial charge in [0.25, 0.3) is 0 Å². The lowest BCUT2D eigenvalue weighted by Gasteiger charge is -2.08. The number of hydrogen-bond donors (Lipinski definition) is 2. The highest BCUT2D eigenvalue weighted by Crippen LogP contribution is 2.33. The number of aromatic nitrogens is 4. The van der Waals surface area contributed by atoms with Crippen molar-refractivity contribution >= 4 is 22.8 Å². The number of nitrogens with zero attached hydrogens (tertiary/aromatic N) is 4. The van der Waals surface area contributed by atoms with Gasteiger partial charge in [-0.25, -0.2) is 14.1 Å². The smallest absolute Gasteiger partial charge is 0.225 e. The minimum absolute atomic E-state index is 0.322. The second-order valence-corrected chi connectivity index (χ2v) is 7.46. The number of nitrogens with one attached hydrogen (secondary N) is 1. The molecule has 0 radical (unpaired) electrons. The summed E-state index contributed by atoms with van der Waals surface area (Å²) in [6.07, 6.45) is 2.45. The number of fused-ring (bicyclic) bond motifs is 1. The molecule has 2 aromatic heterocycles. The van der Waals surface area contributed by atoms with E-state index in [2.05, 4.69) is 20.4 Å². The van der Waals surface area contributed by atoms with Crippen LogP contribution in [0.4, 0.5) is 16.2 Å². The van der Waals surface area contributed by atoms with Gasteiger partial charge in [0.05, 0.1) is 17.6 Å². The van der Waals surface area contributed by atoms with E-state index in [9.17, 15) is 4.39 Å². The summed E-state index contributed by atoms with van der Waals surface area (Å²) in [4.78, 5) is 9.25. The van der Waals surface area contributed by atoms with Gasteiger partial charge in [-0.3, -0.25) is 0 Å². The predicted octanol–water partition coefficient (Wildman–Crippen LogP) is 4.08. The molecule has 0 unspecified atom stereocenters. The first kappa shape index (κ1) is 17.6. The van der Waals surface area contributed by atoms with Crippen molar-refractivity contribution in [1.29, 1.82) is 0 Å². The highest BCUT2D eigenvalue weighted by Gasteiger charge is 2.23. The Morgan fingerprint density at radius 2 is 1.90 bits per heavy atom. The molecule has 5 rings (SSSR count). The Kier molecular flexibility index (Phi) is 4.35. The van der Waals surface area contributed by atoms with Crippen molar-refractivity contribution in [1.82, 2.24) is 19.7 Å². The molecule has 146 valence electrons. The van der Waals surface area contributed by atoms with Crippen LogP contribution in [0.1, 0.15) is 18.4 Å². The average Bonchev–Trinajstić information content (AvgIpc) is 3.51. The van der Waals surface area contributed by atoms with E-state index in [1.54, 1.807) is 10.7 Å². The number of nitrogens with two attached hydrogens (primary N) is 1. The normalized spacial score (nSPS) is 13.7. The molecule has 4 aromatic rings. The maximum Gasteiger partial charge on any atom is 0.225 e. The Hall–Kier alpha value is -3.48. The van der Waals surface area contributed by atoms with Crippen molar-refractivity contribution in [2.45, 2.75) is 19.4 Å². The monoisotopic (exact) mass is 388 g/mol. The van der Waals surface area contributed by atoms with Crippen LogP contribution in [0.25, 0.3) is 22.3 Å². The van der Waals surface area contributed by atoms with Crippen LogP contribution in [-0.4, -0.2) is 26.3 Å². The first-order valence-corrected chi connectivity index (χ1v) is 9.75. The first-order valence-electron chi connectivity index (χ1n) is 9.75. The SMILES string of the molecule is Nc1c2c(-c3cccc(F)c3)nc(NCC3CC3)nc2nn1Cc1ccccc1. The van der Waals surface area contributed by atoms with Gasteiger partial charge in [-0.1, -0.05) is 42.5 Å². The van der Waals surface area contributed by atoms with E-state index >= 15 is 0 Å². The maximum atomic E-state index is 13.9. The lowest BCUT2D eigenvalue weighted by Crippen LogP contribution is -2.07. The zero-order valence-corrected chi connectivity index (χ0v) is 15.8. The fourth-order valence-corrected chi connectivity index (χ4v) is 3.41. The summed E-state index contributed by atoms with van der Waals surface area (Å²) in [6.45, 7) is 1.35. The molecule has 1 aliphatic carbocycles. The second kappa shape index (κ2) is 7.16. The summed E-state index contributed by atoms with van der Waals surface area (Å²) in [6, 6.07) is 16.3. The third-order valence-corrected chi connectivity index (χ3v) is 5.16. The van der Waals surface area contributed by atoms with Crippen LogP contribution < -0.4 is 11.1 Å². The Balaban J connectivity index is 1.62. The minimum Gasteiger partial charge on any atom is -0.383 e. The lowest BCUT2D eigenvalue weighted by atomic mass is 10.1. The van der Waals surface area contributed by atoms with Gasteiger partial charge in [0, 0.05) is 12.1 Å². The van der Waals surface area contributed by atoms with E-state index in [1.165, 1.54) is 25.0 Å². The van der Waals surface area contributed by atoms with Crippen molar-refractivity contribution in [2.75, 3.05) is 17.6 Å². The topological polar surface area (TPSA) is 81.7 Å². The summed E-state index contributed by atoms with van der Waals surface area (Å²) in [5.74, 6) is 1.31. The van der Waals surface area contributed by atoms with Crippen molar-refractivity contribution in [3.8, 4) is 11.3 Å². The zero-order valence-electron chi connectivity index (χ0n) is 15.8. The Morgan fingerprint density at radius 3 is 2.66 bits per heavy atom. The van der Waals surface area contributed by atoms with Gasteiger partial charge in [-0.2, -0.15) is 4.98 Å². The van der Waals surface area contributed by atoms with Gasteiger partial charge in [-0.15, -0.1) is 5.10 Å². The summed E-state index contributed by atoms with van der Waals surface area (Å²) in [7, 11) is 0. The number of anilines is 2. The fraction of sp³-hybridized carbons (Fsp3) is 0.227. The summed E-state index contributed by atoms with van der Waals surface area (Å²) in [5, 5.41) is 8.56. The summed E-state index contributed by atoms with van der Waals surface area (Å²) in [5.41, 5.74) is 9.28. The van der Waals surface area contributed by atoms with Gasteiger partial charge in [0.2, 0.25) is 5.95 Å². The Morgan fingerprint density at radius 1 is 1.07 bits per heavy atom. The van der Waals surface area contributed by atoms with E-state index in [-0.39, 0.29) is 5.82 Å². The van der Waals surface area contributed by atoms with Crippen LogP contribution in [0.15, 0.2) is 54.6 Å². The zero-order chi connectivity index (χ0) is 19.8. The third kappa shape index (κ3) is 3.63. The third-order valence-electron chi connectivity index (χ3n) is 5.16. The van der Waals surface area contributed by atoms with Crippen LogP contribution in [0.3, 0.4) is 0 Å². The Bertz CT molecular complexity index is 1170. The van der Waals surface area contributed by atoms with Crippen molar-refractivity contribution in [2.24, 2.45) is 5.92 Å². The van der Waals surface area contributed by atoms with Crippen LogP contribution >= 0.6 is 0 Å². The quantitative estimate of drug-likeness (QED) is 0.520. The summed E-state index contributed by atoms with van der Waals surface area (Å²) >= 11 is 0. The lowest BCUT2D eigenvalue weighted by molar-refractivity contribution is 0.628. The van der Waals surface area contributed by atoms with Crippen LogP contribution in [0.5, 0.6) is 0 Å². The standard InChI is InChI=1S/C22H21FN6/c23-17-8-4-7-16(11-17)19-18-20(24)29(13-15-5-2-1-3-6-15)28-21(18)27-22(26-19)25-12-14-9-10-14/h1-8,11,14H,9-10,12-13,24H2,(H,25,27,28). The molecule has 7 heteroatoms. The largest absolute Gasteiger partial charge is 0.383 e. The molecule has 2 aromatic carbocycles. The van der Waals surface area contributed by atoms with Crippen LogP contribution in [0, 0.1) is 11.7 Å². The van der Waals surface area contributed by atoms with E-state index in [0.29, 0.717) is 46.5 Å². The molecule has 0 amide bonds. The molecular weight excluding hydrogens is 367 g/mol. The summed E-state index contributed by atoms with van der Waals surface area (Å²) < 4.78 is 15.6. The number of nitrogen functional groups attached to an aromatic ring is 1. The predicted molar refractivity (Wildman–Crippen MR) is 112 cm³/mol. The molecule has 0 atom stereocenters. The first-order chi connectivity index (χ1) is 14.2. The van der Waals surface area contributed by atoms with Gasteiger partial charge >= 0.3 is 0 Å². The number of rotatable bonds is 6. The molecule has 1 fully saturated rings. The van der Waals surface area contributed by atoms with Gasteiger partial charge in [0.1, 0.15) is 11.6 Å². The Labute approximate surface area is 167 Å². The van der Waals surface area contributed by atoms with E-state index in [4.69, 9.17) is 5.73 Å². The molecule has 0 saturated heterocycles. The van der Waals surface area contributed by atoms with E-state index < -0.39 is 0 Å². The molecule has 1 aliphatic rings. The van der Waals surface area contributed by atoms with E-state index in [0.717, 1.165) is 12.1 Å². The maximum absolute atomic E-state index is 13.9. The number of halogens is 1. The van der Waals surface area contributed by atoms with Crippen molar-refractivity contribution in [3.05, 3.63) is 66.0 Å². The van der Waals surface area contributed by atoms with Crippen molar-refractivity contribution < 1.29 is 4.39 Å². The molecule has 2 heterocycles. The van der Waals surface area contributed by atoms with E-state index in [1.807, 2.05) is 36.4 Å². The molecule has 29 heavy (non-hydrogen) atoms. The average molecular weight is 388 g/mol. The van der Waals surface area contributed by atoms with Gasteiger partial charge in [0.15, 0.2) is 5.65 Å². The highest BCUT2D eigenvalue weighted by atomic mass is 19.1. The highest BCUT2D eigenvalue weighted by molar-refractivity contribution is 5.98. The van der Waals surface area contributed by atoms with Gasteiger partial charge < -0.3 is 11.1 Å². The van der Waals surface area contributed by atoms with Crippen molar-refractivity contribution in [3.63, 3.8) is 0 Å². The number of hydrogen-bond acceptors (Lipinski definition) is 5. The molecule has 3 N–H and O–H groups in total. The fourth-order valence-electron chi connectivity index (χ4n) is 3.41. The molecule has 6 nitrogen and oxygen atoms in total. The molecular formula is C22H21FN6. The molecule has 0 bridgehead atoms. The molecule has 0 spiro atoms. The minimum atomic E-state index is -0.322. The second-order valence-electron chi connectivity index (χ2n) is 7.46. The van der Waals surface area contributed by atoms with Gasteiger partial charge in [-0.05, 0) is 36.5 Å². The van der Waals surface area contributed by atoms with Crippen LogP contribution in [-0.2, 0) is 6.54 Å². The molecule has 0 aliphatic heterocycles.